The van der Waals surface area contributed by atoms with Crippen molar-refractivity contribution < 1.29 is 14.3 Å². The van der Waals surface area contributed by atoms with E-state index in [4.69, 9.17) is 11.6 Å². The summed E-state index contributed by atoms with van der Waals surface area (Å²) in [5, 5.41) is 7.26. The SMILES string of the molecule is COC(=O)c1cc(NC(=O)c2cc(-c3ccc(C)cc3)n(C)n2)ccc1Cl. The van der Waals surface area contributed by atoms with E-state index in [0.29, 0.717) is 5.69 Å². The number of ether oxygens (including phenoxy) is 1. The zero-order valence-electron chi connectivity index (χ0n) is 15.1. The van der Waals surface area contributed by atoms with Crippen molar-refractivity contribution >= 4 is 29.2 Å². The monoisotopic (exact) mass is 383 g/mol. The summed E-state index contributed by atoms with van der Waals surface area (Å²) in [7, 11) is 3.05. The lowest BCUT2D eigenvalue weighted by molar-refractivity contribution is 0.0600. The van der Waals surface area contributed by atoms with Crippen molar-refractivity contribution in [1.82, 2.24) is 9.78 Å². The van der Waals surface area contributed by atoms with E-state index in [-0.39, 0.29) is 22.2 Å². The molecule has 0 atom stereocenters. The first kappa shape index (κ1) is 18.7. The lowest BCUT2D eigenvalue weighted by atomic mass is 10.1. The Labute approximate surface area is 161 Å². The first-order chi connectivity index (χ1) is 12.9. The van der Waals surface area contributed by atoms with Crippen LogP contribution in [0.3, 0.4) is 0 Å². The summed E-state index contributed by atoms with van der Waals surface area (Å²) >= 11 is 6.00. The Balaban J connectivity index is 1.84. The number of rotatable bonds is 4. The van der Waals surface area contributed by atoms with Crippen LogP contribution in [0.4, 0.5) is 5.69 Å². The number of hydrogen-bond acceptors (Lipinski definition) is 4. The second kappa shape index (κ2) is 7.63. The molecular formula is C20H18ClN3O3. The number of nitrogens with zero attached hydrogens (tertiary/aromatic N) is 2. The maximum atomic E-state index is 12.6. The molecule has 7 heteroatoms. The number of carbonyl (C=O) groups excluding carboxylic acids is 2. The quantitative estimate of drug-likeness (QED) is 0.689. The Bertz CT molecular complexity index is 1010. The fourth-order valence-corrected chi connectivity index (χ4v) is 2.83. The normalized spacial score (nSPS) is 10.5. The predicted octanol–water partition coefficient (Wildman–Crippen LogP) is 4.09. The molecule has 1 amide bonds. The van der Waals surface area contributed by atoms with Gasteiger partial charge in [0.15, 0.2) is 5.69 Å². The molecule has 1 heterocycles. The van der Waals surface area contributed by atoms with Crippen LogP contribution >= 0.6 is 11.6 Å². The molecule has 0 aliphatic carbocycles. The highest BCUT2D eigenvalue weighted by Gasteiger charge is 2.16. The van der Waals surface area contributed by atoms with Crippen molar-refractivity contribution in [3.8, 4) is 11.3 Å². The smallest absolute Gasteiger partial charge is 0.339 e. The summed E-state index contributed by atoms with van der Waals surface area (Å²) in [5.41, 5.74) is 3.82. The number of aryl methyl sites for hydroxylation is 2. The Morgan fingerprint density at radius 2 is 1.81 bits per heavy atom. The minimum Gasteiger partial charge on any atom is -0.465 e. The highest BCUT2D eigenvalue weighted by Crippen LogP contribution is 2.23. The molecule has 3 aromatic rings. The molecule has 0 spiro atoms. The summed E-state index contributed by atoms with van der Waals surface area (Å²) in [4.78, 5) is 24.3. The Morgan fingerprint density at radius 1 is 1.11 bits per heavy atom. The van der Waals surface area contributed by atoms with Gasteiger partial charge in [-0.05, 0) is 36.8 Å². The van der Waals surface area contributed by atoms with Crippen molar-refractivity contribution in [3.05, 3.63) is 70.4 Å². The standard InChI is InChI=1S/C20H18ClN3O3/c1-12-4-6-13(7-5-12)18-11-17(23-24(18)2)19(25)22-14-8-9-16(21)15(10-14)20(26)27-3/h4-11H,1-3H3,(H,22,25). The van der Waals surface area contributed by atoms with Crippen LogP contribution in [0.5, 0.6) is 0 Å². The number of methoxy groups -OCH3 is 1. The Kier molecular flexibility index (Phi) is 5.28. The number of hydrogen-bond donors (Lipinski definition) is 1. The molecule has 0 fully saturated rings. The first-order valence-corrected chi connectivity index (χ1v) is 8.57. The van der Waals surface area contributed by atoms with Crippen LogP contribution in [0.25, 0.3) is 11.3 Å². The summed E-state index contributed by atoms with van der Waals surface area (Å²) < 4.78 is 6.34. The minimum atomic E-state index is -0.574. The van der Waals surface area contributed by atoms with Gasteiger partial charge in [0.05, 0.1) is 23.4 Å². The molecule has 6 nitrogen and oxygen atoms in total. The molecule has 0 unspecified atom stereocenters. The van der Waals surface area contributed by atoms with Gasteiger partial charge in [-0.3, -0.25) is 9.48 Å². The third kappa shape index (κ3) is 4.01. The molecule has 1 N–H and O–H groups in total. The summed E-state index contributed by atoms with van der Waals surface area (Å²) in [6.45, 7) is 2.01. The van der Waals surface area contributed by atoms with E-state index in [2.05, 4.69) is 15.2 Å². The average Bonchev–Trinajstić information content (AvgIpc) is 3.05. The van der Waals surface area contributed by atoms with Crippen LogP contribution in [-0.4, -0.2) is 28.8 Å². The fraction of sp³-hybridized carbons (Fsp3) is 0.150. The Hall–Kier alpha value is -3.12. The second-order valence-electron chi connectivity index (χ2n) is 6.04. The summed E-state index contributed by atoms with van der Waals surface area (Å²) in [6, 6.07) is 14.3. The lowest BCUT2D eigenvalue weighted by Crippen LogP contribution is -2.13. The van der Waals surface area contributed by atoms with Crippen LogP contribution < -0.4 is 5.32 Å². The zero-order valence-corrected chi connectivity index (χ0v) is 15.9. The molecule has 0 saturated carbocycles. The number of aromatic nitrogens is 2. The van der Waals surface area contributed by atoms with Gasteiger partial charge < -0.3 is 10.1 Å². The van der Waals surface area contributed by atoms with Gasteiger partial charge in [-0.15, -0.1) is 0 Å². The molecule has 0 aliphatic rings. The predicted molar refractivity (Wildman–Crippen MR) is 104 cm³/mol. The maximum Gasteiger partial charge on any atom is 0.339 e. The third-order valence-corrected chi connectivity index (χ3v) is 4.42. The number of amides is 1. The van der Waals surface area contributed by atoms with Gasteiger partial charge in [-0.1, -0.05) is 41.4 Å². The van der Waals surface area contributed by atoms with E-state index in [1.165, 1.54) is 19.2 Å². The molecule has 138 valence electrons. The van der Waals surface area contributed by atoms with Crippen LogP contribution in [0.2, 0.25) is 5.02 Å². The van der Waals surface area contributed by atoms with Gasteiger partial charge >= 0.3 is 5.97 Å². The molecule has 3 rings (SSSR count). The van der Waals surface area contributed by atoms with Gasteiger partial charge in [0.1, 0.15) is 0 Å². The van der Waals surface area contributed by atoms with Gasteiger partial charge in [0.2, 0.25) is 0 Å². The first-order valence-electron chi connectivity index (χ1n) is 8.19. The number of anilines is 1. The number of nitrogens with one attached hydrogen (secondary N) is 1. The van der Waals surface area contributed by atoms with E-state index in [1.54, 1.807) is 23.9 Å². The van der Waals surface area contributed by atoms with Crippen molar-refractivity contribution in [1.29, 1.82) is 0 Å². The van der Waals surface area contributed by atoms with Gasteiger partial charge in [-0.25, -0.2) is 4.79 Å². The molecule has 27 heavy (non-hydrogen) atoms. The van der Waals surface area contributed by atoms with Crippen LogP contribution in [0, 0.1) is 6.92 Å². The largest absolute Gasteiger partial charge is 0.465 e. The maximum absolute atomic E-state index is 12.6. The van der Waals surface area contributed by atoms with Crippen LogP contribution in [0.15, 0.2) is 48.5 Å². The van der Waals surface area contributed by atoms with E-state index in [9.17, 15) is 9.59 Å². The van der Waals surface area contributed by atoms with Crippen LogP contribution in [0.1, 0.15) is 26.4 Å². The number of benzene rings is 2. The second-order valence-corrected chi connectivity index (χ2v) is 6.45. The zero-order chi connectivity index (χ0) is 19.6. The molecule has 2 aromatic carbocycles. The number of esters is 1. The number of carbonyl (C=O) groups is 2. The van der Waals surface area contributed by atoms with Gasteiger partial charge in [-0.2, -0.15) is 5.10 Å². The highest BCUT2D eigenvalue weighted by molar-refractivity contribution is 6.33. The summed E-state index contributed by atoms with van der Waals surface area (Å²) in [5.74, 6) is -0.960. The topological polar surface area (TPSA) is 73.2 Å². The molecule has 0 radical (unpaired) electrons. The van der Waals surface area contributed by atoms with Gasteiger partial charge in [0, 0.05) is 12.7 Å². The van der Waals surface area contributed by atoms with Crippen molar-refractivity contribution in [2.75, 3.05) is 12.4 Å². The molecule has 0 saturated heterocycles. The highest BCUT2D eigenvalue weighted by atomic mass is 35.5. The fourth-order valence-electron chi connectivity index (χ4n) is 2.64. The van der Waals surface area contributed by atoms with E-state index in [0.717, 1.165) is 16.8 Å². The van der Waals surface area contributed by atoms with Crippen molar-refractivity contribution in [2.24, 2.45) is 7.05 Å². The molecule has 0 bridgehead atoms. The minimum absolute atomic E-state index is 0.179. The van der Waals surface area contributed by atoms with Gasteiger partial charge in [0.25, 0.3) is 5.91 Å². The molecule has 1 aromatic heterocycles. The number of halogens is 1. The third-order valence-electron chi connectivity index (χ3n) is 4.09. The Morgan fingerprint density at radius 3 is 2.48 bits per heavy atom. The van der Waals surface area contributed by atoms with E-state index in [1.807, 2.05) is 31.2 Å². The average molecular weight is 384 g/mol. The molecule has 0 aliphatic heterocycles. The van der Waals surface area contributed by atoms with Crippen LogP contribution in [-0.2, 0) is 11.8 Å². The lowest BCUT2D eigenvalue weighted by Gasteiger charge is -2.07. The van der Waals surface area contributed by atoms with E-state index < -0.39 is 5.97 Å². The summed E-state index contributed by atoms with van der Waals surface area (Å²) in [6.07, 6.45) is 0. The molecular weight excluding hydrogens is 366 g/mol. The van der Waals surface area contributed by atoms with Crippen molar-refractivity contribution in [3.63, 3.8) is 0 Å². The van der Waals surface area contributed by atoms with Crippen molar-refractivity contribution in [2.45, 2.75) is 6.92 Å². The van der Waals surface area contributed by atoms with E-state index >= 15 is 0 Å².